The van der Waals surface area contributed by atoms with Crippen LogP contribution in [0.2, 0.25) is 0 Å². The van der Waals surface area contributed by atoms with Gasteiger partial charge in [-0.1, -0.05) is 6.92 Å². The molecule has 0 spiro atoms. The third-order valence-corrected chi connectivity index (χ3v) is 3.83. The molecule has 2 N–H and O–H groups in total. The number of amides is 1. The van der Waals surface area contributed by atoms with Gasteiger partial charge in [0.05, 0.1) is 11.5 Å². The van der Waals surface area contributed by atoms with Crippen molar-refractivity contribution in [3.8, 4) is 0 Å². The third-order valence-electron chi connectivity index (χ3n) is 2.91. The Morgan fingerprint density at radius 2 is 2.18 bits per heavy atom. The fourth-order valence-electron chi connectivity index (χ4n) is 2.05. The average Bonchev–Trinajstić information content (AvgIpc) is 2.21. The number of carbonyl (C=O) groups is 2. The van der Waals surface area contributed by atoms with Crippen molar-refractivity contribution >= 4 is 23.6 Å². The Morgan fingerprint density at radius 3 is 2.76 bits per heavy atom. The Kier molecular flexibility index (Phi) is 5.77. The number of rotatable bonds is 5. The Morgan fingerprint density at radius 1 is 1.47 bits per heavy atom. The average molecular weight is 260 g/mol. The molecule has 1 rings (SSSR count). The summed E-state index contributed by atoms with van der Waals surface area (Å²) in [4.78, 5) is 24.1. The molecule has 1 amide bonds. The van der Waals surface area contributed by atoms with E-state index in [2.05, 4.69) is 24.2 Å². The molecule has 1 aliphatic rings. The fraction of sp³-hybridized carbons (Fsp3) is 0.818. The lowest BCUT2D eigenvalue weighted by Crippen LogP contribution is -2.49. The molecule has 2 unspecified atom stereocenters. The summed E-state index contributed by atoms with van der Waals surface area (Å²) in [5, 5.41) is 11.4. The lowest BCUT2D eigenvalue weighted by atomic mass is 9.94. The Balaban J connectivity index is 2.23. The van der Waals surface area contributed by atoms with Crippen LogP contribution in [-0.2, 0) is 9.59 Å². The molecule has 0 saturated carbocycles. The quantitative estimate of drug-likeness (QED) is 0.742. The van der Waals surface area contributed by atoms with Crippen LogP contribution >= 0.6 is 11.8 Å². The highest BCUT2D eigenvalue weighted by atomic mass is 32.2. The number of thioether (sulfide) groups is 1. The van der Waals surface area contributed by atoms with E-state index in [1.165, 1.54) is 0 Å². The molecule has 0 radical (unpaired) electrons. The lowest BCUT2D eigenvalue weighted by molar-refractivity contribution is -0.133. The van der Waals surface area contributed by atoms with Crippen molar-refractivity contribution in [3.63, 3.8) is 0 Å². The van der Waals surface area contributed by atoms with Crippen LogP contribution in [-0.4, -0.2) is 59.6 Å². The monoisotopic (exact) mass is 260 g/mol. The molecule has 0 aromatic carbocycles. The van der Waals surface area contributed by atoms with Gasteiger partial charge in [-0.2, -0.15) is 0 Å². The van der Waals surface area contributed by atoms with Gasteiger partial charge in [-0.15, -0.1) is 11.8 Å². The number of carbonyl (C=O) groups excluding carboxylic acids is 1. The lowest BCUT2D eigenvalue weighted by Gasteiger charge is -2.35. The number of likely N-dealkylation sites (tertiary alicyclic amines) is 1. The number of carboxylic acid groups (broad SMARTS) is 1. The molecule has 1 aliphatic heterocycles. The first kappa shape index (κ1) is 14.3. The third kappa shape index (κ3) is 5.41. The normalized spacial score (nSPS) is 25.5. The summed E-state index contributed by atoms with van der Waals surface area (Å²) in [6, 6.07) is 0.226. The van der Waals surface area contributed by atoms with Gasteiger partial charge in [-0.3, -0.25) is 9.59 Å². The zero-order valence-corrected chi connectivity index (χ0v) is 11.1. The van der Waals surface area contributed by atoms with Crippen LogP contribution in [0.25, 0.3) is 0 Å². The maximum absolute atomic E-state index is 11.6. The number of aliphatic carboxylic acids is 1. The second-order valence-corrected chi connectivity index (χ2v) is 5.57. The first-order valence-corrected chi connectivity index (χ1v) is 6.92. The second-order valence-electron chi connectivity index (χ2n) is 4.59. The number of carboxylic acids is 1. The molecule has 5 nitrogen and oxygen atoms in total. The highest BCUT2D eigenvalue weighted by molar-refractivity contribution is 8.00. The van der Waals surface area contributed by atoms with Crippen molar-refractivity contribution in [1.29, 1.82) is 0 Å². The highest BCUT2D eigenvalue weighted by Gasteiger charge is 2.25. The number of piperidine rings is 1. The van der Waals surface area contributed by atoms with E-state index in [-0.39, 0.29) is 23.5 Å². The molecule has 0 bridgehead atoms. The van der Waals surface area contributed by atoms with Crippen LogP contribution < -0.4 is 5.32 Å². The summed E-state index contributed by atoms with van der Waals surface area (Å²) in [7, 11) is 2.08. The number of nitrogens with one attached hydrogen (secondary N) is 1. The van der Waals surface area contributed by atoms with Gasteiger partial charge >= 0.3 is 5.97 Å². The molecule has 2 atom stereocenters. The second kappa shape index (κ2) is 6.86. The molecule has 1 saturated heterocycles. The summed E-state index contributed by atoms with van der Waals surface area (Å²) >= 11 is 1.14. The van der Waals surface area contributed by atoms with Gasteiger partial charge in [0.25, 0.3) is 0 Å². The Labute approximate surface area is 106 Å². The minimum absolute atomic E-state index is 0.0175. The van der Waals surface area contributed by atoms with Gasteiger partial charge in [0.2, 0.25) is 5.91 Å². The van der Waals surface area contributed by atoms with E-state index < -0.39 is 5.97 Å². The van der Waals surface area contributed by atoms with E-state index in [0.29, 0.717) is 5.92 Å². The maximum Gasteiger partial charge on any atom is 0.313 e. The topological polar surface area (TPSA) is 69.6 Å². The first-order valence-electron chi connectivity index (χ1n) is 5.76. The molecular weight excluding hydrogens is 240 g/mol. The summed E-state index contributed by atoms with van der Waals surface area (Å²) < 4.78 is 0. The molecule has 1 heterocycles. The molecule has 0 aromatic heterocycles. The van der Waals surface area contributed by atoms with Gasteiger partial charge in [0.15, 0.2) is 0 Å². The standard InChI is InChI=1S/C11H20N2O3S/c1-8-5-13(2)4-3-9(8)12-10(14)6-17-7-11(15)16/h8-9H,3-7H2,1-2H3,(H,12,14)(H,15,16). The predicted octanol–water partition coefficient (Wildman–Crippen LogP) is 0.261. The molecule has 17 heavy (non-hydrogen) atoms. The summed E-state index contributed by atoms with van der Waals surface area (Å²) in [6.07, 6.45) is 0.965. The van der Waals surface area contributed by atoms with E-state index >= 15 is 0 Å². The minimum atomic E-state index is -0.879. The Bertz CT molecular complexity index is 286. The van der Waals surface area contributed by atoms with Crippen molar-refractivity contribution in [2.24, 2.45) is 5.92 Å². The summed E-state index contributed by atoms with van der Waals surface area (Å²) in [5.74, 6) is -0.280. The summed E-state index contributed by atoms with van der Waals surface area (Å²) in [6.45, 7) is 4.12. The minimum Gasteiger partial charge on any atom is -0.481 e. The summed E-state index contributed by atoms with van der Waals surface area (Å²) in [5.41, 5.74) is 0. The van der Waals surface area contributed by atoms with Crippen LogP contribution in [0.3, 0.4) is 0 Å². The molecule has 0 aliphatic carbocycles. The number of hydrogen-bond donors (Lipinski definition) is 2. The van der Waals surface area contributed by atoms with Gasteiger partial charge in [0.1, 0.15) is 0 Å². The van der Waals surface area contributed by atoms with E-state index in [1.807, 2.05) is 0 Å². The number of hydrogen-bond acceptors (Lipinski definition) is 4. The maximum atomic E-state index is 11.6. The fourth-order valence-corrected chi connectivity index (χ4v) is 2.59. The van der Waals surface area contributed by atoms with Gasteiger partial charge in [0, 0.05) is 12.6 Å². The number of nitrogens with zero attached hydrogens (tertiary/aromatic N) is 1. The molecule has 0 aromatic rings. The van der Waals surface area contributed by atoms with E-state index in [0.717, 1.165) is 31.3 Å². The van der Waals surface area contributed by atoms with Crippen molar-refractivity contribution < 1.29 is 14.7 Å². The Hall–Kier alpha value is -0.750. The first-order chi connectivity index (χ1) is 7.99. The van der Waals surface area contributed by atoms with E-state index in [1.54, 1.807) is 0 Å². The van der Waals surface area contributed by atoms with Crippen LogP contribution in [0.1, 0.15) is 13.3 Å². The van der Waals surface area contributed by atoms with E-state index in [9.17, 15) is 9.59 Å². The smallest absolute Gasteiger partial charge is 0.313 e. The zero-order valence-electron chi connectivity index (χ0n) is 10.3. The van der Waals surface area contributed by atoms with Crippen LogP contribution in [0.15, 0.2) is 0 Å². The predicted molar refractivity (Wildman–Crippen MR) is 68.2 cm³/mol. The molecule has 98 valence electrons. The van der Waals surface area contributed by atoms with Crippen molar-refractivity contribution in [2.45, 2.75) is 19.4 Å². The van der Waals surface area contributed by atoms with Crippen molar-refractivity contribution in [3.05, 3.63) is 0 Å². The SMILES string of the molecule is CC1CN(C)CCC1NC(=O)CSCC(=O)O. The van der Waals surface area contributed by atoms with Crippen molar-refractivity contribution in [2.75, 3.05) is 31.6 Å². The molecule has 1 fully saturated rings. The van der Waals surface area contributed by atoms with Gasteiger partial charge in [-0.25, -0.2) is 0 Å². The van der Waals surface area contributed by atoms with Crippen LogP contribution in [0, 0.1) is 5.92 Å². The highest BCUT2D eigenvalue weighted by Crippen LogP contribution is 2.15. The van der Waals surface area contributed by atoms with Gasteiger partial charge in [-0.05, 0) is 25.9 Å². The van der Waals surface area contributed by atoms with Gasteiger partial charge < -0.3 is 15.3 Å². The van der Waals surface area contributed by atoms with Crippen molar-refractivity contribution in [1.82, 2.24) is 10.2 Å². The van der Waals surface area contributed by atoms with E-state index in [4.69, 9.17) is 5.11 Å². The molecular formula is C11H20N2O3S. The van der Waals surface area contributed by atoms with Crippen LogP contribution in [0.5, 0.6) is 0 Å². The van der Waals surface area contributed by atoms with Crippen LogP contribution in [0.4, 0.5) is 0 Å². The largest absolute Gasteiger partial charge is 0.481 e. The zero-order chi connectivity index (χ0) is 12.8. The molecule has 6 heteroatoms.